The van der Waals surface area contributed by atoms with Gasteiger partial charge in [-0.15, -0.1) is 0 Å². The molecule has 3 aromatic rings. The van der Waals surface area contributed by atoms with E-state index in [2.05, 4.69) is 4.98 Å². The molecule has 0 aliphatic carbocycles. The minimum atomic E-state index is -2.65. The van der Waals surface area contributed by atoms with Crippen LogP contribution < -0.4 is 0 Å². The van der Waals surface area contributed by atoms with Gasteiger partial charge in [0, 0.05) is 34.9 Å². The van der Waals surface area contributed by atoms with Crippen LogP contribution in [-0.2, 0) is 4.74 Å². The Kier molecular flexibility index (Phi) is 4.29. The smallest absolute Gasteiger partial charge is 0.418 e. The summed E-state index contributed by atoms with van der Waals surface area (Å²) in [7, 11) is 0. The van der Waals surface area contributed by atoms with E-state index in [0.717, 1.165) is 10.8 Å². The van der Waals surface area contributed by atoms with Crippen molar-refractivity contribution < 1.29 is 18.3 Å². The molecule has 0 spiro atoms. The maximum atomic E-state index is 13.2. The van der Waals surface area contributed by atoms with Crippen molar-refractivity contribution in [2.24, 2.45) is 0 Å². The fraction of sp³-hybridized carbons (Fsp3) is 0.263. The third-order valence-electron chi connectivity index (χ3n) is 3.60. The number of carbonyl (C=O) groups is 1. The molecule has 0 amide bonds. The average molecular weight is 344 g/mol. The van der Waals surface area contributed by atoms with Crippen LogP contribution in [0, 0.1) is 0 Å². The highest BCUT2D eigenvalue weighted by Crippen LogP contribution is 2.31. The first kappa shape index (κ1) is 17.1. The molecule has 2 heterocycles. The molecule has 0 saturated heterocycles. The van der Waals surface area contributed by atoms with Crippen molar-refractivity contribution in [2.45, 2.75) is 32.8 Å². The molecule has 0 aliphatic heterocycles. The maximum absolute atomic E-state index is 13.2. The molecular weight excluding hydrogens is 326 g/mol. The Morgan fingerprint density at radius 2 is 1.88 bits per heavy atom. The molecular formula is C19H18F2N2O2. The zero-order chi connectivity index (χ0) is 18.2. The molecule has 0 N–H and O–H groups in total. The normalized spacial score (nSPS) is 11.9. The molecule has 25 heavy (non-hydrogen) atoms. The SMILES string of the molecule is CC(C)(C)OC(=O)n1cc2ccc(-c3cccnc3C(F)F)cc2c1. The summed E-state index contributed by atoms with van der Waals surface area (Å²) in [4.78, 5) is 15.9. The summed E-state index contributed by atoms with van der Waals surface area (Å²) in [5, 5.41) is 1.57. The Morgan fingerprint density at radius 1 is 1.16 bits per heavy atom. The Balaban J connectivity index is 2.00. The molecule has 0 atom stereocenters. The number of alkyl halides is 2. The van der Waals surface area contributed by atoms with E-state index >= 15 is 0 Å². The number of fused-ring (bicyclic) bond motifs is 1. The van der Waals surface area contributed by atoms with Gasteiger partial charge < -0.3 is 4.74 Å². The predicted molar refractivity (Wildman–Crippen MR) is 91.8 cm³/mol. The van der Waals surface area contributed by atoms with E-state index in [9.17, 15) is 13.6 Å². The number of hydrogen-bond donors (Lipinski definition) is 0. The van der Waals surface area contributed by atoms with E-state index in [4.69, 9.17) is 4.74 Å². The van der Waals surface area contributed by atoms with Gasteiger partial charge in [0.25, 0.3) is 6.43 Å². The Morgan fingerprint density at radius 3 is 2.56 bits per heavy atom. The van der Waals surface area contributed by atoms with Gasteiger partial charge in [0.05, 0.1) is 0 Å². The molecule has 0 aliphatic rings. The molecule has 2 aromatic heterocycles. The molecule has 3 rings (SSSR count). The third-order valence-corrected chi connectivity index (χ3v) is 3.60. The minimum Gasteiger partial charge on any atom is -0.443 e. The van der Waals surface area contributed by atoms with E-state index in [1.165, 1.54) is 10.8 Å². The summed E-state index contributed by atoms with van der Waals surface area (Å²) in [6, 6.07) is 8.52. The zero-order valence-electron chi connectivity index (χ0n) is 14.2. The number of aromatic nitrogens is 2. The van der Waals surface area contributed by atoms with Crippen molar-refractivity contribution >= 4 is 16.9 Å². The molecule has 0 radical (unpaired) electrons. The number of halogens is 2. The van der Waals surface area contributed by atoms with Crippen molar-refractivity contribution in [3.05, 3.63) is 54.6 Å². The summed E-state index contributed by atoms with van der Waals surface area (Å²) in [5.74, 6) is 0. The highest BCUT2D eigenvalue weighted by atomic mass is 19.3. The van der Waals surface area contributed by atoms with Gasteiger partial charge in [-0.05, 0) is 38.5 Å². The number of ether oxygens (including phenoxy) is 1. The van der Waals surface area contributed by atoms with Crippen molar-refractivity contribution in [3.8, 4) is 11.1 Å². The van der Waals surface area contributed by atoms with Gasteiger partial charge in [-0.2, -0.15) is 0 Å². The van der Waals surface area contributed by atoms with Gasteiger partial charge in [0.1, 0.15) is 11.3 Å². The Bertz CT molecular complexity index is 927. The average Bonchev–Trinajstić information content (AvgIpc) is 2.96. The van der Waals surface area contributed by atoms with E-state index < -0.39 is 18.1 Å². The van der Waals surface area contributed by atoms with Gasteiger partial charge in [-0.25, -0.2) is 13.6 Å². The van der Waals surface area contributed by atoms with Gasteiger partial charge in [-0.3, -0.25) is 9.55 Å². The van der Waals surface area contributed by atoms with Crippen molar-refractivity contribution in [1.82, 2.24) is 9.55 Å². The summed E-state index contributed by atoms with van der Waals surface area (Å²) >= 11 is 0. The first-order valence-corrected chi connectivity index (χ1v) is 7.83. The van der Waals surface area contributed by atoms with Crippen LogP contribution in [0.15, 0.2) is 48.9 Å². The van der Waals surface area contributed by atoms with E-state index in [0.29, 0.717) is 11.1 Å². The summed E-state index contributed by atoms with van der Waals surface area (Å²) in [5.41, 5.74) is 0.149. The monoisotopic (exact) mass is 344 g/mol. The quantitative estimate of drug-likeness (QED) is 0.623. The second-order valence-electron chi connectivity index (χ2n) is 6.73. The first-order valence-electron chi connectivity index (χ1n) is 7.83. The van der Waals surface area contributed by atoms with E-state index in [-0.39, 0.29) is 5.69 Å². The second kappa shape index (κ2) is 6.27. The topological polar surface area (TPSA) is 44.1 Å². The first-order chi connectivity index (χ1) is 11.7. The van der Waals surface area contributed by atoms with Gasteiger partial charge in [0.15, 0.2) is 0 Å². The standard InChI is InChI=1S/C19H18F2N2O2/c1-19(2,3)25-18(24)23-10-13-7-6-12(9-14(13)11-23)15-5-4-8-22-16(15)17(20)21/h4-11,17H,1-3H3. The van der Waals surface area contributed by atoms with E-state index in [1.54, 1.807) is 63.5 Å². The minimum absolute atomic E-state index is 0.256. The largest absolute Gasteiger partial charge is 0.443 e. The van der Waals surface area contributed by atoms with Crippen LogP contribution in [0.1, 0.15) is 32.9 Å². The summed E-state index contributed by atoms with van der Waals surface area (Å²) < 4.78 is 33.0. The van der Waals surface area contributed by atoms with Crippen LogP contribution in [0.4, 0.5) is 13.6 Å². The molecule has 0 unspecified atom stereocenters. The molecule has 4 nitrogen and oxygen atoms in total. The Labute approximate surface area is 144 Å². The predicted octanol–water partition coefficient (Wildman–Crippen LogP) is 5.42. The molecule has 0 fully saturated rings. The Hall–Kier alpha value is -2.76. The number of pyridine rings is 1. The van der Waals surface area contributed by atoms with Crippen LogP contribution in [0.3, 0.4) is 0 Å². The van der Waals surface area contributed by atoms with Gasteiger partial charge in [0.2, 0.25) is 0 Å². The molecule has 130 valence electrons. The van der Waals surface area contributed by atoms with Crippen LogP contribution >= 0.6 is 0 Å². The fourth-order valence-electron chi connectivity index (χ4n) is 2.56. The molecule has 0 bridgehead atoms. The van der Waals surface area contributed by atoms with Crippen LogP contribution in [0.25, 0.3) is 21.9 Å². The zero-order valence-corrected chi connectivity index (χ0v) is 14.2. The fourth-order valence-corrected chi connectivity index (χ4v) is 2.56. The lowest BCUT2D eigenvalue weighted by molar-refractivity contribution is 0.0538. The van der Waals surface area contributed by atoms with Crippen LogP contribution in [0.2, 0.25) is 0 Å². The van der Waals surface area contributed by atoms with Crippen molar-refractivity contribution in [2.75, 3.05) is 0 Å². The lowest BCUT2D eigenvalue weighted by Crippen LogP contribution is -2.26. The lowest BCUT2D eigenvalue weighted by Gasteiger charge is -2.19. The number of hydrogen-bond acceptors (Lipinski definition) is 3. The van der Waals surface area contributed by atoms with Crippen molar-refractivity contribution in [3.63, 3.8) is 0 Å². The maximum Gasteiger partial charge on any atom is 0.418 e. The van der Waals surface area contributed by atoms with Crippen molar-refractivity contribution in [1.29, 1.82) is 0 Å². The highest BCUT2D eigenvalue weighted by molar-refractivity contribution is 5.90. The van der Waals surface area contributed by atoms with Gasteiger partial charge >= 0.3 is 6.09 Å². The number of carbonyl (C=O) groups excluding carboxylic acids is 1. The molecule has 0 saturated carbocycles. The van der Waals surface area contributed by atoms with Crippen LogP contribution in [-0.4, -0.2) is 21.2 Å². The summed E-state index contributed by atoms with van der Waals surface area (Å²) in [6.45, 7) is 5.38. The van der Waals surface area contributed by atoms with Gasteiger partial charge in [-0.1, -0.05) is 18.2 Å². The summed E-state index contributed by atoms with van der Waals surface area (Å²) in [6.07, 6.45) is 1.50. The van der Waals surface area contributed by atoms with E-state index in [1.807, 2.05) is 0 Å². The third kappa shape index (κ3) is 3.68. The number of rotatable bonds is 2. The highest BCUT2D eigenvalue weighted by Gasteiger charge is 2.19. The number of nitrogens with zero attached hydrogens (tertiary/aromatic N) is 2. The lowest BCUT2D eigenvalue weighted by atomic mass is 10.0. The number of benzene rings is 1. The van der Waals surface area contributed by atoms with Crippen LogP contribution in [0.5, 0.6) is 0 Å². The molecule has 1 aromatic carbocycles. The second-order valence-corrected chi connectivity index (χ2v) is 6.73. The molecule has 6 heteroatoms.